The van der Waals surface area contributed by atoms with Gasteiger partial charge in [-0.05, 0) is 19.4 Å². The second-order valence-corrected chi connectivity index (χ2v) is 11.6. The minimum absolute atomic E-state index is 0.414. The molecule has 0 aromatic carbocycles. The molecule has 1 atom stereocenters. The van der Waals surface area contributed by atoms with Crippen molar-refractivity contribution in [1.29, 1.82) is 0 Å². The van der Waals surface area contributed by atoms with Crippen molar-refractivity contribution >= 4 is 39.3 Å². The molecule has 1 fully saturated rings. The lowest BCUT2D eigenvalue weighted by molar-refractivity contribution is 0.311. The normalized spacial score (nSPS) is 30.4. The van der Waals surface area contributed by atoms with Crippen molar-refractivity contribution in [3.8, 4) is 0 Å². The molecule has 1 heterocycles. The molecule has 0 aliphatic carbocycles. The van der Waals surface area contributed by atoms with Crippen molar-refractivity contribution in [3.05, 3.63) is 0 Å². The molecule has 0 bridgehead atoms. The Labute approximate surface area is 100 Å². The predicted octanol–water partition coefficient (Wildman–Crippen LogP) is -2.40. The molecule has 0 saturated carbocycles. The summed E-state index contributed by atoms with van der Waals surface area (Å²) in [6.45, 7) is 5.38. The van der Waals surface area contributed by atoms with Crippen molar-refractivity contribution < 1.29 is 16.5 Å². The summed E-state index contributed by atoms with van der Waals surface area (Å²) in [6.07, 6.45) is 2.21. The molecule has 1 aliphatic rings. The zero-order chi connectivity index (χ0) is 10.9. The highest BCUT2D eigenvalue weighted by atomic mass is 28.4. The van der Waals surface area contributed by atoms with Crippen molar-refractivity contribution in [2.24, 2.45) is 0 Å². The number of hydrogen-bond donors (Lipinski definition) is 1. The van der Waals surface area contributed by atoms with Crippen LogP contribution in [0.3, 0.4) is 0 Å². The lowest BCUT2D eigenvalue weighted by Crippen LogP contribution is -2.49. The van der Waals surface area contributed by atoms with Gasteiger partial charge in [-0.3, -0.25) is 0 Å². The van der Waals surface area contributed by atoms with Crippen molar-refractivity contribution in [3.63, 3.8) is 0 Å². The summed E-state index contributed by atoms with van der Waals surface area (Å²) in [5.74, 6) is 0. The van der Waals surface area contributed by atoms with Gasteiger partial charge in [-0.1, -0.05) is 13.8 Å². The summed E-state index contributed by atoms with van der Waals surface area (Å²) in [4.78, 5) is 0. The molecule has 0 aromatic rings. The standard InChI is InChI=1S/C6H21NO4Si4/c1-3-5-7-6(4-2)15-10-13-8-12-9-14-11-15/h6-7,15H,3-5,12-14H2,1-2H3. The fraction of sp³-hybridized carbons (Fsp3) is 1.00. The molecule has 15 heavy (non-hydrogen) atoms. The smallest absolute Gasteiger partial charge is 0.320 e. The maximum Gasteiger partial charge on any atom is 0.320 e. The van der Waals surface area contributed by atoms with Crippen LogP contribution >= 0.6 is 0 Å². The Hall–Kier alpha value is 0.668. The van der Waals surface area contributed by atoms with E-state index in [9.17, 15) is 0 Å². The maximum absolute atomic E-state index is 5.79. The van der Waals surface area contributed by atoms with Crippen LogP contribution in [0.15, 0.2) is 0 Å². The molecule has 1 N–H and O–H groups in total. The van der Waals surface area contributed by atoms with E-state index in [0.717, 1.165) is 19.4 Å². The number of nitrogens with one attached hydrogen (secondary N) is 1. The summed E-state index contributed by atoms with van der Waals surface area (Å²) in [5.41, 5.74) is 0.414. The van der Waals surface area contributed by atoms with Gasteiger partial charge < -0.3 is 21.8 Å². The molecule has 0 spiro atoms. The van der Waals surface area contributed by atoms with Crippen LogP contribution < -0.4 is 5.32 Å². The van der Waals surface area contributed by atoms with Crippen molar-refractivity contribution in [2.75, 3.05) is 6.54 Å². The van der Waals surface area contributed by atoms with Crippen LogP contribution in [0, 0.1) is 0 Å². The lowest BCUT2D eigenvalue weighted by atomic mass is 10.4. The van der Waals surface area contributed by atoms with Gasteiger partial charge in [0.15, 0.2) is 0 Å². The number of rotatable bonds is 5. The van der Waals surface area contributed by atoms with Gasteiger partial charge in [-0.15, -0.1) is 0 Å². The average molecular weight is 284 g/mol. The average Bonchev–Trinajstić information content (AvgIpc) is 2.21. The maximum atomic E-state index is 5.79. The summed E-state index contributed by atoms with van der Waals surface area (Å²) >= 11 is 0. The first-order chi connectivity index (χ1) is 7.38. The quantitative estimate of drug-likeness (QED) is 0.570. The lowest BCUT2D eigenvalue weighted by Gasteiger charge is -2.27. The largest absolute Gasteiger partial charge is 0.425 e. The first-order valence-electron chi connectivity index (χ1n) is 5.50. The highest BCUT2D eigenvalue weighted by molar-refractivity contribution is 6.61. The molecule has 1 saturated heterocycles. The molecule has 0 amide bonds. The van der Waals surface area contributed by atoms with Crippen LogP contribution in [0.2, 0.25) is 0 Å². The van der Waals surface area contributed by atoms with E-state index in [2.05, 4.69) is 19.2 Å². The van der Waals surface area contributed by atoms with Crippen LogP contribution in [-0.4, -0.2) is 51.5 Å². The van der Waals surface area contributed by atoms with Crippen LogP contribution in [0.1, 0.15) is 26.7 Å². The Morgan fingerprint density at radius 1 is 1.13 bits per heavy atom. The molecule has 90 valence electrons. The summed E-state index contributed by atoms with van der Waals surface area (Å²) in [6, 6.07) is 0. The molecule has 9 heteroatoms. The third-order valence-electron chi connectivity index (χ3n) is 2.22. The molecular weight excluding hydrogens is 262 g/mol. The Bertz CT molecular complexity index is 158. The van der Waals surface area contributed by atoms with Crippen LogP contribution in [-0.2, 0) is 16.5 Å². The highest BCUT2D eigenvalue weighted by Crippen LogP contribution is 2.02. The van der Waals surface area contributed by atoms with Gasteiger partial charge >= 0.3 is 9.28 Å². The fourth-order valence-corrected chi connectivity index (χ4v) is 10.9. The fourth-order valence-electron chi connectivity index (χ4n) is 1.40. The minimum Gasteiger partial charge on any atom is -0.425 e. The second-order valence-electron chi connectivity index (χ2n) is 3.43. The van der Waals surface area contributed by atoms with Gasteiger partial charge in [0.05, 0.1) is 0 Å². The van der Waals surface area contributed by atoms with E-state index in [-0.39, 0.29) is 0 Å². The molecule has 0 radical (unpaired) electrons. The molecule has 1 aliphatic heterocycles. The third-order valence-corrected chi connectivity index (χ3v) is 9.97. The van der Waals surface area contributed by atoms with Gasteiger partial charge in [-0.25, -0.2) is 0 Å². The summed E-state index contributed by atoms with van der Waals surface area (Å²) in [5, 5.41) is 3.49. The zero-order valence-electron chi connectivity index (χ0n) is 9.53. The minimum atomic E-state index is -1.56. The van der Waals surface area contributed by atoms with Gasteiger partial charge in [0.25, 0.3) is 30.0 Å². The molecule has 5 nitrogen and oxygen atoms in total. The first kappa shape index (κ1) is 13.7. The van der Waals surface area contributed by atoms with Crippen LogP contribution in [0.4, 0.5) is 0 Å². The topological polar surface area (TPSA) is 49.0 Å². The van der Waals surface area contributed by atoms with E-state index in [4.69, 9.17) is 16.5 Å². The van der Waals surface area contributed by atoms with E-state index in [1.807, 2.05) is 0 Å². The van der Waals surface area contributed by atoms with E-state index < -0.39 is 39.3 Å². The van der Waals surface area contributed by atoms with Crippen LogP contribution in [0.25, 0.3) is 0 Å². The summed E-state index contributed by atoms with van der Waals surface area (Å²) < 4.78 is 22.4. The summed E-state index contributed by atoms with van der Waals surface area (Å²) in [7, 11) is -3.94. The van der Waals surface area contributed by atoms with Gasteiger partial charge in [-0.2, -0.15) is 0 Å². The Morgan fingerprint density at radius 2 is 1.80 bits per heavy atom. The van der Waals surface area contributed by atoms with E-state index in [1.54, 1.807) is 0 Å². The van der Waals surface area contributed by atoms with Crippen molar-refractivity contribution in [2.45, 2.75) is 32.4 Å². The molecule has 1 unspecified atom stereocenters. The van der Waals surface area contributed by atoms with E-state index in [1.165, 1.54) is 0 Å². The van der Waals surface area contributed by atoms with E-state index in [0.29, 0.717) is 5.67 Å². The monoisotopic (exact) mass is 283 g/mol. The molecular formula is C6H21NO4Si4. The Morgan fingerprint density at radius 3 is 2.33 bits per heavy atom. The highest BCUT2D eigenvalue weighted by Gasteiger charge is 2.25. The molecule has 0 aromatic heterocycles. The van der Waals surface area contributed by atoms with Gasteiger partial charge in [0.2, 0.25) is 0 Å². The molecule has 1 rings (SSSR count). The Kier molecular flexibility index (Phi) is 8.04. The van der Waals surface area contributed by atoms with Gasteiger partial charge in [0.1, 0.15) is 0 Å². The zero-order valence-corrected chi connectivity index (χ0v) is 14.9. The van der Waals surface area contributed by atoms with Crippen LogP contribution in [0.5, 0.6) is 0 Å². The number of hydrogen-bond acceptors (Lipinski definition) is 5. The third kappa shape index (κ3) is 5.51. The second kappa shape index (κ2) is 8.78. The van der Waals surface area contributed by atoms with Gasteiger partial charge in [0, 0.05) is 5.67 Å². The predicted molar refractivity (Wildman–Crippen MR) is 69.5 cm³/mol. The van der Waals surface area contributed by atoms with Crippen molar-refractivity contribution in [1.82, 2.24) is 5.32 Å². The van der Waals surface area contributed by atoms with E-state index >= 15 is 0 Å². The first-order valence-corrected chi connectivity index (χ1v) is 10.6. The SMILES string of the molecule is CCCNC(CC)[SiH]1O[SiH2]O[SiH2]O[SiH2]O1. The Balaban J connectivity index is 2.33.